The molecule has 13 nitrogen and oxygen atoms in total. The molecule has 0 saturated carbocycles. The Morgan fingerprint density at radius 2 is 1.36 bits per heavy atom. The highest BCUT2D eigenvalue weighted by atomic mass is 16.4. The Kier molecular flexibility index (Phi) is 14.3. The smallest absolute Gasteiger partial charge is 0.320 e. The van der Waals surface area contributed by atoms with Crippen LogP contribution in [0.2, 0.25) is 0 Å². The summed E-state index contributed by atoms with van der Waals surface area (Å²) in [6.07, 6.45) is 3.52. The van der Waals surface area contributed by atoms with Crippen molar-refractivity contribution in [1.82, 2.24) is 10.3 Å². The molecule has 212 valence electrons. The van der Waals surface area contributed by atoms with Crippen molar-refractivity contribution < 1.29 is 29.7 Å². The number of benzene rings is 2. The number of fused-ring (bicyclic) bond motifs is 1. The lowest BCUT2D eigenvalue weighted by Gasteiger charge is -2.06. The number of nitrogens with one attached hydrogen (secondary N) is 3. The fourth-order valence-electron chi connectivity index (χ4n) is 3.25. The van der Waals surface area contributed by atoms with Crippen molar-refractivity contribution in [3.8, 4) is 0 Å². The highest BCUT2D eigenvalue weighted by molar-refractivity contribution is 5.84. The van der Waals surface area contributed by atoms with Crippen LogP contribution in [0, 0.1) is 5.41 Å². The molecule has 0 radical (unpaired) electrons. The van der Waals surface area contributed by atoms with Crippen molar-refractivity contribution in [2.24, 2.45) is 22.9 Å². The summed E-state index contributed by atoms with van der Waals surface area (Å²) in [7, 11) is 0. The summed E-state index contributed by atoms with van der Waals surface area (Å²) in [5.74, 6) is -3.05. The van der Waals surface area contributed by atoms with Crippen LogP contribution in [0.5, 0.6) is 0 Å². The zero-order valence-corrected chi connectivity index (χ0v) is 21.4. The van der Waals surface area contributed by atoms with E-state index in [-0.39, 0.29) is 5.96 Å². The van der Waals surface area contributed by atoms with E-state index >= 15 is 0 Å². The number of nitrogens with two attached hydrogens (primary N) is 4. The first-order valence-electron chi connectivity index (χ1n) is 12.0. The molecule has 0 fully saturated rings. The summed E-state index contributed by atoms with van der Waals surface area (Å²) in [6, 6.07) is 14.6. The second kappa shape index (κ2) is 17.1. The Morgan fingerprint density at radius 1 is 0.821 bits per heavy atom. The number of carbonyl (C=O) groups is 3. The van der Waals surface area contributed by atoms with Gasteiger partial charge in [-0.15, -0.1) is 0 Å². The van der Waals surface area contributed by atoms with Gasteiger partial charge in [0.1, 0.15) is 18.1 Å². The summed E-state index contributed by atoms with van der Waals surface area (Å²) in [5.41, 5.74) is 24.0. The standard InChI is InChI=1S/C11H12N2O2.C9H11NO2.C6H14N4O2/c12-9(11(14)15)5-7-6-13-10-4-2-1-3-8(7)10;10-8(9(11)12)6-7-4-2-1-3-5-7;7-4(5(11)12)2-1-3-10-6(8)9/h1-4,6,9,13H,5,12H2,(H,14,15);1-5,8H,6,10H2,(H,11,12);4H,1-3,7H2,(H,11,12)(H4,8,9,10). The molecule has 2 aromatic carbocycles. The number of H-pyrrole nitrogens is 1. The van der Waals surface area contributed by atoms with Crippen LogP contribution < -0.4 is 28.3 Å². The number of guanidine groups is 1. The maximum atomic E-state index is 10.6. The summed E-state index contributed by atoms with van der Waals surface area (Å²) in [5, 5.41) is 36.0. The van der Waals surface area contributed by atoms with E-state index in [1.165, 1.54) is 0 Å². The van der Waals surface area contributed by atoms with Gasteiger partial charge in [0.15, 0.2) is 5.96 Å². The first kappa shape index (κ1) is 32.6. The second-order valence-electron chi connectivity index (χ2n) is 8.57. The molecule has 0 amide bonds. The quantitative estimate of drug-likeness (QED) is 0.0899. The first-order chi connectivity index (χ1) is 18.4. The minimum absolute atomic E-state index is 0.112. The van der Waals surface area contributed by atoms with Crippen molar-refractivity contribution in [3.05, 3.63) is 71.9 Å². The molecule has 39 heavy (non-hydrogen) atoms. The van der Waals surface area contributed by atoms with Crippen LogP contribution in [-0.2, 0) is 27.2 Å². The van der Waals surface area contributed by atoms with E-state index in [1.807, 2.05) is 60.8 Å². The number of carboxylic acid groups (broad SMARTS) is 3. The van der Waals surface area contributed by atoms with Gasteiger partial charge in [-0.05, 0) is 36.5 Å². The summed E-state index contributed by atoms with van der Waals surface area (Å²) in [6.45, 7) is 0.482. The fourth-order valence-corrected chi connectivity index (χ4v) is 3.25. The van der Waals surface area contributed by atoms with E-state index in [0.29, 0.717) is 32.2 Å². The molecule has 0 spiro atoms. The van der Waals surface area contributed by atoms with Gasteiger partial charge >= 0.3 is 17.9 Å². The molecular formula is C26H37N7O6. The summed E-state index contributed by atoms with van der Waals surface area (Å²) >= 11 is 0. The number of carboxylic acids is 3. The molecule has 3 atom stereocenters. The van der Waals surface area contributed by atoms with Gasteiger partial charge in [-0.3, -0.25) is 19.8 Å². The molecule has 3 rings (SSSR count). The van der Waals surface area contributed by atoms with Crippen LogP contribution in [0.3, 0.4) is 0 Å². The molecule has 0 aliphatic rings. The number of aromatic amines is 1. The summed E-state index contributed by atoms with van der Waals surface area (Å²) < 4.78 is 0. The van der Waals surface area contributed by atoms with Crippen molar-refractivity contribution in [1.29, 1.82) is 5.41 Å². The number of hydrogen-bond donors (Lipinski definition) is 10. The second-order valence-corrected chi connectivity index (χ2v) is 8.57. The zero-order valence-electron chi connectivity index (χ0n) is 21.4. The van der Waals surface area contributed by atoms with Crippen molar-refractivity contribution in [2.45, 2.75) is 43.8 Å². The predicted octanol–water partition coefficient (Wildman–Crippen LogP) is 0.425. The van der Waals surface area contributed by atoms with Crippen molar-refractivity contribution in [3.63, 3.8) is 0 Å². The van der Waals surface area contributed by atoms with Crippen LogP contribution in [0.15, 0.2) is 60.8 Å². The Morgan fingerprint density at radius 3 is 1.92 bits per heavy atom. The molecule has 13 heteroatoms. The number of aromatic nitrogens is 1. The number of hydrogen-bond acceptors (Lipinski definition) is 7. The predicted molar refractivity (Wildman–Crippen MR) is 148 cm³/mol. The van der Waals surface area contributed by atoms with Crippen LogP contribution in [0.1, 0.15) is 24.0 Å². The molecule has 1 aromatic heterocycles. The molecule has 1 heterocycles. The van der Waals surface area contributed by atoms with Gasteiger partial charge in [0, 0.05) is 30.1 Å². The lowest BCUT2D eigenvalue weighted by atomic mass is 10.1. The van der Waals surface area contributed by atoms with Crippen molar-refractivity contribution in [2.75, 3.05) is 6.54 Å². The SMILES string of the molecule is N=C(N)NCCCC(N)C(=O)O.NC(Cc1c[nH]c2ccccc12)C(=O)O.NC(Cc1ccccc1)C(=O)O. The lowest BCUT2D eigenvalue weighted by Crippen LogP contribution is -2.34. The van der Waals surface area contributed by atoms with Crippen LogP contribution in [0.4, 0.5) is 0 Å². The lowest BCUT2D eigenvalue weighted by molar-refractivity contribution is -0.139. The van der Waals surface area contributed by atoms with Crippen LogP contribution in [-0.4, -0.2) is 68.8 Å². The monoisotopic (exact) mass is 543 g/mol. The highest BCUT2D eigenvalue weighted by Crippen LogP contribution is 2.18. The third kappa shape index (κ3) is 13.1. The molecule has 0 saturated heterocycles. The molecule has 0 bridgehead atoms. The van der Waals surface area contributed by atoms with Crippen LogP contribution >= 0.6 is 0 Å². The molecule has 3 aromatic rings. The Bertz CT molecular complexity index is 1200. The van der Waals surface area contributed by atoms with E-state index in [0.717, 1.165) is 22.0 Å². The third-order valence-electron chi connectivity index (χ3n) is 5.37. The Hall–Kier alpha value is -4.46. The van der Waals surface area contributed by atoms with Gasteiger partial charge in [0.25, 0.3) is 0 Å². The van der Waals surface area contributed by atoms with Crippen LogP contribution in [0.25, 0.3) is 10.9 Å². The highest BCUT2D eigenvalue weighted by Gasteiger charge is 2.14. The number of aliphatic carboxylic acids is 3. The molecule has 0 aliphatic heterocycles. The maximum Gasteiger partial charge on any atom is 0.320 e. The third-order valence-corrected chi connectivity index (χ3v) is 5.37. The normalized spacial score (nSPS) is 12.5. The van der Waals surface area contributed by atoms with Gasteiger partial charge in [-0.25, -0.2) is 0 Å². The number of rotatable bonds is 11. The number of para-hydroxylation sites is 1. The fraction of sp³-hybridized carbons (Fsp3) is 0.308. The molecule has 0 aliphatic carbocycles. The zero-order chi connectivity index (χ0) is 29.4. The minimum Gasteiger partial charge on any atom is -0.480 e. The first-order valence-corrected chi connectivity index (χ1v) is 12.0. The van der Waals surface area contributed by atoms with E-state index in [9.17, 15) is 14.4 Å². The van der Waals surface area contributed by atoms with E-state index in [1.54, 1.807) is 0 Å². The van der Waals surface area contributed by atoms with Gasteiger partial charge in [-0.2, -0.15) is 0 Å². The topological polar surface area (TPSA) is 268 Å². The Balaban J connectivity index is 0.000000296. The molecule has 14 N–H and O–H groups in total. The average Bonchev–Trinajstić information content (AvgIpc) is 3.30. The summed E-state index contributed by atoms with van der Waals surface area (Å²) in [4.78, 5) is 34.3. The largest absolute Gasteiger partial charge is 0.480 e. The van der Waals surface area contributed by atoms with Gasteiger partial charge < -0.3 is 48.6 Å². The average molecular weight is 544 g/mol. The van der Waals surface area contributed by atoms with Gasteiger partial charge in [0.05, 0.1) is 0 Å². The van der Waals surface area contributed by atoms with Gasteiger partial charge in [0.2, 0.25) is 0 Å². The van der Waals surface area contributed by atoms with Crippen molar-refractivity contribution >= 4 is 34.8 Å². The molecule has 3 unspecified atom stereocenters. The van der Waals surface area contributed by atoms with E-state index < -0.39 is 36.0 Å². The Labute approximate surface area is 225 Å². The minimum atomic E-state index is -1.00. The van der Waals surface area contributed by atoms with E-state index in [4.69, 9.17) is 43.7 Å². The van der Waals surface area contributed by atoms with Gasteiger partial charge in [-0.1, -0.05) is 48.5 Å². The molecular weight excluding hydrogens is 506 g/mol. The van der Waals surface area contributed by atoms with E-state index in [2.05, 4.69) is 10.3 Å². The maximum absolute atomic E-state index is 10.6.